The molecule has 2 aromatic carbocycles. The molecule has 0 spiro atoms. The molecule has 0 radical (unpaired) electrons. The third kappa shape index (κ3) is 3.52. The van der Waals surface area contributed by atoms with Crippen molar-refractivity contribution in [2.75, 3.05) is 47.4 Å². The molecule has 2 aromatic rings. The van der Waals surface area contributed by atoms with Crippen LogP contribution in [0.5, 0.6) is 0 Å². The number of piperazine rings is 1. The van der Waals surface area contributed by atoms with E-state index in [1.165, 1.54) is 11.4 Å². The van der Waals surface area contributed by atoms with Gasteiger partial charge in [-0.25, -0.2) is 0 Å². The van der Waals surface area contributed by atoms with E-state index in [-0.39, 0.29) is 12.4 Å². The molecule has 0 amide bonds. The number of benzene rings is 2. The molecule has 3 rings (SSSR count). The summed E-state index contributed by atoms with van der Waals surface area (Å²) in [5.41, 5.74) is 15.8. The molecule has 1 aliphatic heterocycles. The molecule has 0 atom stereocenters. The Kier molecular flexibility index (Phi) is 4.81. The zero-order chi connectivity index (χ0) is 13.9. The predicted molar refractivity (Wildman–Crippen MR) is 93.4 cm³/mol. The standard InChI is InChI=1S/C16H20N4.ClH/c17-13-3-1-5-15(11-13)19-7-9-20(10-8-19)16-6-2-4-14(18)12-16;/h1-6,11-12H,7-10,17-18H2;1H. The highest BCUT2D eigenvalue weighted by Crippen LogP contribution is 2.23. The maximum Gasteiger partial charge on any atom is 0.0388 e. The summed E-state index contributed by atoms with van der Waals surface area (Å²) in [6.07, 6.45) is 0. The van der Waals surface area contributed by atoms with Crippen LogP contribution in [0, 0.1) is 0 Å². The Morgan fingerprint density at radius 1 is 0.667 bits per heavy atom. The van der Waals surface area contributed by atoms with Crippen molar-refractivity contribution in [2.45, 2.75) is 0 Å². The van der Waals surface area contributed by atoms with E-state index in [1.807, 2.05) is 36.4 Å². The number of hydrogen-bond donors (Lipinski definition) is 2. The number of hydrogen-bond acceptors (Lipinski definition) is 4. The van der Waals surface area contributed by atoms with E-state index in [9.17, 15) is 0 Å². The molecule has 1 aliphatic rings. The molecule has 21 heavy (non-hydrogen) atoms. The molecule has 5 heteroatoms. The summed E-state index contributed by atoms with van der Waals surface area (Å²) in [4.78, 5) is 4.75. The second-order valence-electron chi connectivity index (χ2n) is 5.16. The van der Waals surface area contributed by atoms with Gasteiger partial charge in [-0.15, -0.1) is 12.4 Å². The van der Waals surface area contributed by atoms with Crippen LogP contribution in [-0.4, -0.2) is 26.2 Å². The quantitative estimate of drug-likeness (QED) is 0.837. The lowest BCUT2D eigenvalue weighted by molar-refractivity contribution is 0.654. The molecule has 0 unspecified atom stereocenters. The van der Waals surface area contributed by atoms with Crippen LogP contribution in [0.2, 0.25) is 0 Å². The number of nitrogens with zero attached hydrogens (tertiary/aromatic N) is 2. The van der Waals surface area contributed by atoms with Crippen molar-refractivity contribution in [3.63, 3.8) is 0 Å². The lowest BCUT2D eigenvalue weighted by Gasteiger charge is -2.37. The number of anilines is 4. The molecule has 1 fully saturated rings. The van der Waals surface area contributed by atoms with Crippen LogP contribution >= 0.6 is 12.4 Å². The van der Waals surface area contributed by atoms with Crippen LogP contribution in [0.1, 0.15) is 0 Å². The van der Waals surface area contributed by atoms with E-state index in [1.54, 1.807) is 0 Å². The minimum atomic E-state index is 0. The summed E-state index contributed by atoms with van der Waals surface area (Å²) < 4.78 is 0. The van der Waals surface area contributed by atoms with Crippen LogP contribution in [0.4, 0.5) is 22.7 Å². The number of halogens is 1. The van der Waals surface area contributed by atoms with E-state index < -0.39 is 0 Å². The number of nitrogen functional groups attached to an aromatic ring is 2. The van der Waals surface area contributed by atoms with Crippen molar-refractivity contribution in [3.8, 4) is 0 Å². The number of rotatable bonds is 2. The Labute approximate surface area is 131 Å². The van der Waals surface area contributed by atoms with E-state index >= 15 is 0 Å². The third-order valence-electron chi connectivity index (χ3n) is 3.75. The van der Waals surface area contributed by atoms with E-state index in [0.717, 1.165) is 37.6 Å². The van der Waals surface area contributed by atoms with Crippen molar-refractivity contribution in [3.05, 3.63) is 48.5 Å². The van der Waals surface area contributed by atoms with E-state index in [2.05, 4.69) is 21.9 Å². The van der Waals surface area contributed by atoms with Crippen LogP contribution < -0.4 is 21.3 Å². The maximum atomic E-state index is 5.85. The maximum absolute atomic E-state index is 5.85. The Hall–Kier alpha value is -2.07. The first-order valence-electron chi connectivity index (χ1n) is 6.93. The van der Waals surface area contributed by atoms with Gasteiger partial charge >= 0.3 is 0 Å². The Bertz CT molecular complexity index is 541. The highest BCUT2D eigenvalue weighted by atomic mass is 35.5. The van der Waals surface area contributed by atoms with Gasteiger partial charge in [-0.3, -0.25) is 0 Å². The minimum absolute atomic E-state index is 0. The van der Waals surface area contributed by atoms with Gasteiger partial charge in [0.15, 0.2) is 0 Å². The first-order valence-corrected chi connectivity index (χ1v) is 6.93. The van der Waals surface area contributed by atoms with Crippen molar-refractivity contribution < 1.29 is 0 Å². The average Bonchev–Trinajstić information content (AvgIpc) is 2.47. The summed E-state index contributed by atoms with van der Waals surface area (Å²) in [7, 11) is 0. The first kappa shape index (κ1) is 15.3. The lowest BCUT2D eigenvalue weighted by atomic mass is 10.2. The highest BCUT2D eigenvalue weighted by molar-refractivity contribution is 5.85. The zero-order valence-electron chi connectivity index (χ0n) is 11.9. The Balaban J connectivity index is 0.00000161. The first-order chi connectivity index (χ1) is 9.72. The SMILES string of the molecule is Cl.Nc1cccc(N2CCN(c3cccc(N)c3)CC2)c1. The Morgan fingerprint density at radius 3 is 1.38 bits per heavy atom. The average molecular weight is 305 g/mol. The van der Waals surface area contributed by atoms with Crippen molar-refractivity contribution in [2.24, 2.45) is 0 Å². The summed E-state index contributed by atoms with van der Waals surface area (Å²) >= 11 is 0. The van der Waals surface area contributed by atoms with Gasteiger partial charge < -0.3 is 21.3 Å². The van der Waals surface area contributed by atoms with Crippen molar-refractivity contribution in [1.29, 1.82) is 0 Å². The van der Waals surface area contributed by atoms with Gasteiger partial charge in [0.2, 0.25) is 0 Å². The third-order valence-corrected chi connectivity index (χ3v) is 3.75. The molecule has 112 valence electrons. The van der Waals surface area contributed by atoms with Gasteiger partial charge in [0.1, 0.15) is 0 Å². The molecule has 0 aromatic heterocycles. The van der Waals surface area contributed by atoms with Crippen LogP contribution in [0.25, 0.3) is 0 Å². The smallest absolute Gasteiger partial charge is 0.0388 e. The topological polar surface area (TPSA) is 58.5 Å². The lowest BCUT2D eigenvalue weighted by Crippen LogP contribution is -2.46. The van der Waals surface area contributed by atoms with Crippen LogP contribution in [0.15, 0.2) is 48.5 Å². The van der Waals surface area contributed by atoms with E-state index in [4.69, 9.17) is 11.5 Å². The van der Waals surface area contributed by atoms with Crippen LogP contribution in [0.3, 0.4) is 0 Å². The van der Waals surface area contributed by atoms with Gasteiger partial charge in [-0.2, -0.15) is 0 Å². The second-order valence-corrected chi connectivity index (χ2v) is 5.16. The number of nitrogens with two attached hydrogens (primary N) is 2. The molecule has 0 bridgehead atoms. The predicted octanol–water partition coefficient (Wildman–Crippen LogP) is 2.60. The summed E-state index contributed by atoms with van der Waals surface area (Å²) in [5.74, 6) is 0. The molecule has 4 nitrogen and oxygen atoms in total. The van der Waals surface area contributed by atoms with E-state index in [0.29, 0.717) is 0 Å². The fraction of sp³-hybridized carbons (Fsp3) is 0.250. The van der Waals surface area contributed by atoms with Gasteiger partial charge in [0.25, 0.3) is 0 Å². The van der Waals surface area contributed by atoms with Gasteiger partial charge in [-0.05, 0) is 36.4 Å². The molecular weight excluding hydrogens is 284 g/mol. The largest absolute Gasteiger partial charge is 0.399 e. The fourth-order valence-electron chi connectivity index (χ4n) is 2.67. The monoisotopic (exact) mass is 304 g/mol. The Morgan fingerprint density at radius 2 is 1.05 bits per heavy atom. The van der Waals surface area contributed by atoms with Crippen LogP contribution in [-0.2, 0) is 0 Å². The minimum Gasteiger partial charge on any atom is -0.399 e. The van der Waals surface area contributed by atoms with Crippen molar-refractivity contribution >= 4 is 35.2 Å². The molecule has 0 saturated carbocycles. The summed E-state index contributed by atoms with van der Waals surface area (Å²) in [6, 6.07) is 16.2. The fourth-order valence-corrected chi connectivity index (χ4v) is 2.67. The van der Waals surface area contributed by atoms with Gasteiger partial charge in [0.05, 0.1) is 0 Å². The van der Waals surface area contributed by atoms with Gasteiger partial charge in [-0.1, -0.05) is 12.1 Å². The molecule has 0 aliphatic carbocycles. The summed E-state index contributed by atoms with van der Waals surface area (Å²) in [6.45, 7) is 3.99. The molecular formula is C16H21ClN4. The molecule has 4 N–H and O–H groups in total. The second kappa shape index (κ2) is 6.59. The summed E-state index contributed by atoms with van der Waals surface area (Å²) in [5, 5.41) is 0. The normalized spacial score (nSPS) is 14.7. The zero-order valence-corrected chi connectivity index (χ0v) is 12.7. The highest BCUT2D eigenvalue weighted by Gasteiger charge is 2.17. The molecule has 1 saturated heterocycles. The van der Waals surface area contributed by atoms with Crippen molar-refractivity contribution in [1.82, 2.24) is 0 Å². The van der Waals surface area contributed by atoms with Gasteiger partial charge in [0, 0.05) is 48.9 Å². The molecule has 1 heterocycles.